The number of rotatable bonds is 5. The lowest BCUT2D eigenvalue weighted by molar-refractivity contribution is 0.157. The van der Waals surface area contributed by atoms with E-state index in [0.29, 0.717) is 0 Å². The summed E-state index contributed by atoms with van der Waals surface area (Å²) in [5.74, 6) is 2.85. The molecule has 0 aromatic rings. The standard InChI is InChI=1S/C16H32N2/c1-3-18(13-16-8-5-9-17-11-16)12-15-7-4-6-14(2)10-15/h14-17H,3-13H2,1-2H3. The fraction of sp³-hybridized carbons (Fsp3) is 1.00. The maximum Gasteiger partial charge on any atom is 0.00218 e. The smallest absolute Gasteiger partial charge is 0.00218 e. The molecule has 0 aromatic carbocycles. The molecule has 2 aliphatic rings. The highest BCUT2D eigenvalue weighted by atomic mass is 15.1. The number of hydrogen-bond donors (Lipinski definition) is 1. The van der Waals surface area contributed by atoms with Gasteiger partial charge in [-0.2, -0.15) is 0 Å². The van der Waals surface area contributed by atoms with E-state index in [1.165, 1.54) is 71.2 Å². The first kappa shape index (κ1) is 14.3. The molecule has 2 heteroatoms. The summed E-state index contributed by atoms with van der Waals surface area (Å²) < 4.78 is 0. The fourth-order valence-corrected chi connectivity index (χ4v) is 3.87. The molecule has 3 atom stereocenters. The summed E-state index contributed by atoms with van der Waals surface area (Å²) in [4.78, 5) is 2.72. The normalized spacial score (nSPS) is 33.8. The quantitative estimate of drug-likeness (QED) is 0.808. The summed E-state index contributed by atoms with van der Waals surface area (Å²) in [6.07, 6.45) is 8.69. The second kappa shape index (κ2) is 7.49. The Bertz CT molecular complexity index is 223. The Hall–Kier alpha value is -0.0800. The molecule has 0 aromatic heterocycles. The van der Waals surface area contributed by atoms with Crippen molar-refractivity contribution in [2.24, 2.45) is 17.8 Å². The van der Waals surface area contributed by atoms with Crippen molar-refractivity contribution in [2.75, 3.05) is 32.7 Å². The van der Waals surface area contributed by atoms with Gasteiger partial charge in [0.05, 0.1) is 0 Å². The van der Waals surface area contributed by atoms with Gasteiger partial charge in [-0.3, -0.25) is 0 Å². The first-order valence-corrected chi connectivity index (χ1v) is 8.21. The van der Waals surface area contributed by atoms with Crippen molar-refractivity contribution >= 4 is 0 Å². The Kier molecular flexibility index (Phi) is 5.97. The maximum atomic E-state index is 3.55. The average Bonchev–Trinajstić information content (AvgIpc) is 2.39. The minimum Gasteiger partial charge on any atom is -0.316 e. The molecule has 106 valence electrons. The van der Waals surface area contributed by atoms with E-state index in [2.05, 4.69) is 24.1 Å². The zero-order chi connectivity index (χ0) is 12.8. The number of nitrogens with zero attached hydrogens (tertiary/aromatic N) is 1. The van der Waals surface area contributed by atoms with Crippen molar-refractivity contribution in [3.05, 3.63) is 0 Å². The van der Waals surface area contributed by atoms with Gasteiger partial charge < -0.3 is 10.2 Å². The summed E-state index contributed by atoms with van der Waals surface area (Å²) in [7, 11) is 0. The lowest BCUT2D eigenvalue weighted by Crippen LogP contribution is -2.40. The van der Waals surface area contributed by atoms with Crippen LogP contribution < -0.4 is 5.32 Å². The van der Waals surface area contributed by atoms with Crippen LogP contribution in [0.3, 0.4) is 0 Å². The molecule has 0 radical (unpaired) electrons. The van der Waals surface area contributed by atoms with Gasteiger partial charge in [0.15, 0.2) is 0 Å². The van der Waals surface area contributed by atoms with Gasteiger partial charge in [0, 0.05) is 13.1 Å². The van der Waals surface area contributed by atoms with Gasteiger partial charge in [-0.25, -0.2) is 0 Å². The molecule has 1 saturated heterocycles. The Morgan fingerprint density at radius 1 is 1.06 bits per heavy atom. The second-order valence-electron chi connectivity index (χ2n) is 6.70. The summed E-state index contributed by atoms with van der Waals surface area (Å²) in [6, 6.07) is 0. The van der Waals surface area contributed by atoms with Crippen LogP contribution in [0.25, 0.3) is 0 Å². The number of piperidine rings is 1. The van der Waals surface area contributed by atoms with Crippen LogP contribution in [0, 0.1) is 17.8 Å². The van der Waals surface area contributed by atoms with E-state index in [9.17, 15) is 0 Å². The third-order valence-electron chi connectivity index (χ3n) is 4.92. The van der Waals surface area contributed by atoms with E-state index in [1.807, 2.05) is 0 Å². The topological polar surface area (TPSA) is 15.3 Å². The van der Waals surface area contributed by atoms with Crippen molar-refractivity contribution in [2.45, 2.75) is 52.4 Å². The molecule has 3 unspecified atom stereocenters. The van der Waals surface area contributed by atoms with Gasteiger partial charge in [-0.1, -0.05) is 26.7 Å². The molecule has 0 bridgehead atoms. The Morgan fingerprint density at radius 3 is 2.50 bits per heavy atom. The van der Waals surface area contributed by atoms with Crippen LogP contribution in [0.5, 0.6) is 0 Å². The van der Waals surface area contributed by atoms with Crippen molar-refractivity contribution < 1.29 is 0 Å². The van der Waals surface area contributed by atoms with Crippen LogP contribution in [0.1, 0.15) is 52.4 Å². The number of nitrogens with one attached hydrogen (secondary N) is 1. The third kappa shape index (κ3) is 4.55. The van der Waals surface area contributed by atoms with Crippen molar-refractivity contribution in [1.82, 2.24) is 10.2 Å². The highest BCUT2D eigenvalue weighted by Crippen LogP contribution is 2.29. The highest BCUT2D eigenvalue weighted by molar-refractivity contribution is 4.77. The molecule has 1 N–H and O–H groups in total. The Morgan fingerprint density at radius 2 is 1.83 bits per heavy atom. The van der Waals surface area contributed by atoms with E-state index < -0.39 is 0 Å². The largest absolute Gasteiger partial charge is 0.316 e. The third-order valence-corrected chi connectivity index (χ3v) is 4.92. The molecular formula is C16H32N2. The van der Waals surface area contributed by atoms with E-state index in [1.54, 1.807) is 0 Å². The van der Waals surface area contributed by atoms with Gasteiger partial charge >= 0.3 is 0 Å². The summed E-state index contributed by atoms with van der Waals surface area (Å²) in [5.41, 5.74) is 0. The minimum absolute atomic E-state index is 0.903. The molecule has 1 saturated carbocycles. The molecule has 1 aliphatic heterocycles. The molecule has 18 heavy (non-hydrogen) atoms. The van der Waals surface area contributed by atoms with Gasteiger partial charge in [0.2, 0.25) is 0 Å². The van der Waals surface area contributed by atoms with E-state index in [4.69, 9.17) is 0 Å². The average molecular weight is 252 g/mol. The highest BCUT2D eigenvalue weighted by Gasteiger charge is 2.22. The molecule has 2 fully saturated rings. The van der Waals surface area contributed by atoms with Crippen LogP contribution in [-0.4, -0.2) is 37.6 Å². The monoisotopic (exact) mass is 252 g/mol. The summed E-state index contributed by atoms with van der Waals surface area (Å²) in [5, 5.41) is 3.55. The summed E-state index contributed by atoms with van der Waals surface area (Å²) >= 11 is 0. The Labute approximate surface area is 114 Å². The molecule has 1 heterocycles. The van der Waals surface area contributed by atoms with Crippen LogP contribution in [0.2, 0.25) is 0 Å². The molecular weight excluding hydrogens is 220 g/mol. The van der Waals surface area contributed by atoms with Crippen molar-refractivity contribution in [1.29, 1.82) is 0 Å². The van der Waals surface area contributed by atoms with Gasteiger partial charge in [-0.05, 0) is 63.1 Å². The van der Waals surface area contributed by atoms with E-state index >= 15 is 0 Å². The van der Waals surface area contributed by atoms with Crippen LogP contribution >= 0.6 is 0 Å². The van der Waals surface area contributed by atoms with Crippen LogP contribution in [-0.2, 0) is 0 Å². The second-order valence-corrected chi connectivity index (χ2v) is 6.70. The molecule has 0 amide bonds. The first-order valence-electron chi connectivity index (χ1n) is 8.21. The Balaban J connectivity index is 1.73. The lowest BCUT2D eigenvalue weighted by atomic mass is 9.82. The first-order chi connectivity index (χ1) is 8.78. The fourth-order valence-electron chi connectivity index (χ4n) is 3.87. The van der Waals surface area contributed by atoms with Gasteiger partial charge in [0.25, 0.3) is 0 Å². The summed E-state index contributed by atoms with van der Waals surface area (Å²) in [6.45, 7) is 11.2. The van der Waals surface area contributed by atoms with E-state index in [0.717, 1.165) is 17.8 Å². The molecule has 1 aliphatic carbocycles. The minimum atomic E-state index is 0.903. The molecule has 2 nitrogen and oxygen atoms in total. The van der Waals surface area contributed by atoms with E-state index in [-0.39, 0.29) is 0 Å². The van der Waals surface area contributed by atoms with Gasteiger partial charge in [-0.15, -0.1) is 0 Å². The van der Waals surface area contributed by atoms with Crippen molar-refractivity contribution in [3.63, 3.8) is 0 Å². The zero-order valence-corrected chi connectivity index (χ0v) is 12.5. The zero-order valence-electron chi connectivity index (χ0n) is 12.5. The molecule has 0 spiro atoms. The van der Waals surface area contributed by atoms with Crippen LogP contribution in [0.15, 0.2) is 0 Å². The predicted octanol–water partition coefficient (Wildman–Crippen LogP) is 3.13. The SMILES string of the molecule is CCN(CC1CCCNC1)CC1CCCC(C)C1. The van der Waals surface area contributed by atoms with Crippen molar-refractivity contribution in [3.8, 4) is 0 Å². The molecule has 2 rings (SSSR count). The predicted molar refractivity (Wildman–Crippen MR) is 78.8 cm³/mol. The van der Waals surface area contributed by atoms with Gasteiger partial charge in [0.1, 0.15) is 0 Å². The van der Waals surface area contributed by atoms with Crippen LogP contribution in [0.4, 0.5) is 0 Å². The lowest BCUT2D eigenvalue weighted by Gasteiger charge is -2.34. The number of hydrogen-bond acceptors (Lipinski definition) is 2. The maximum absolute atomic E-state index is 3.55.